The van der Waals surface area contributed by atoms with E-state index >= 15 is 0 Å². The lowest BCUT2D eigenvalue weighted by Gasteiger charge is -2.08. The Morgan fingerprint density at radius 2 is 1.96 bits per heavy atom. The van der Waals surface area contributed by atoms with Crippen molar-refractivity contribution in [3.05, 3.63) is 60.7 Å². The SMILES string of the molecule is Cc1ccc(-c2c(-c3ccnc(NC(=O)C4CC4)c3)[nH]c3cccnc23)cn1. The van der Waals surface area contributed by atoms with E-state index in [1.54, 1.807) is 12.4 Å². The Bertz CT molecular complexity index is 1180. The van der Waals surface area contributed by atoms with Crippen LogP contribution < -0.4 is 5.32 Å². The van der Waals surface area contributed by atoms with Crippen LogP contribution in [-0.2, 0) is 4.79 Å². The Kier molecular flexibility index (Phi) is 3.90. The highest BCUT2D eigenvalue weighted by molar-refractivity contribution is 6.02. The number of rotatable bonds is 4. The first-order chi connectivity index (χ1) is 13.7. The number of hydrogen-bond acceptors (Lipinski definition) is 4. The fourth-order valence-corrected chi connectivity index (χ4v) is 3.36. The van der Waals surface area contributed by atoms with Crippen LogP contribution in [-0.4, -0.2) is 25.8 Å². The van der Waals surface area contributed by atoms with Crippen LogP contribution in [0.25, 0.3) is 33.4 Å². The molecule has 4 heterocycles. The molecule has 28 heavy (non-hydrogen) atoms. The zero-order chi connectivity index (χ0) is 19.1. The first-order valence-electron chi connectivity index (χ1n) is 9.36. The average Bonchev–Trinajstić information content (AvgIpc) is 3.49. The van der Waals surface area contributed by atoms with E-state index in [9.17, 15) is 4.79 Å². The molecule has 0 aliphatic heterocycles. The summed E-state index contributed by atoms with van der Waals surface area (Å²) in [6, 6.07) is 11.8. The molecule has 6 nitrogen and oxygen atoms in total. The van der Waals surface area contributed by atoms with Gasteiger partial charge in [0, 0.05) is 46.9 Å². The Hall–Kier alpha value is -3.54. The minimum atomic E-state index is 0.0471. The number of anilines is 1. The van der Waals surface area contributed by atoms with Crippen molar-refractivity contribution in [3.63, 3.8) is 0 Å². The number of nitrogens with zero attached hydrogens (tertiary/aromatic N) is 3. The largest absolute Gasteiger partial charge is 0.353 e. The molecule has 0 radical (unpaired) electrons. The second-order valence-electron chi connectivity index (χ2n) is 7.16. The molecule has 4 aromatic rings. The van der Waals surface area contributed by atoms with Gasteiger partial charge in [0.2, 0.25) is 5.91 Å². The monoisotopic (exact) mass is 369 g/mol. The molecule has 1 aliphatic carbocycles. The summed E-state index contributed by atoms with van der Waals surface area (Å²) in [7, 11) is 0. The van der Waals surface area contributed by atoms with Crippen molar-refractivity contribution in [2.75, 3.05) is 5.32 Å². The summed E-state index contributed by atoms with van der Waals surface area (Å²) in [6.45, 7) is 1.97. The molecule has 0 aromatic carbocycles. The smallest absolute Gasteiger partial charge is 0.228 e. The van der Waals surface area contributed by atoms with Crippen molar-refractivity contribution >= 4 is 22.8 Å². The number of H-pyrrole nitrogens is 1. The van der Waals surface area contributed by atoms with Crippen molar-refractivity contribution in [3.8, 4) is 22.4 Å². The summed E-state index contributed by atoms with van der Waals surface area (Å²) in [5, 5.41) is 2.92. The topological polar surface area (TPSA) is 83.6 Å². The number of hydrogen-bond donors (Lipinski definition) is 2. The molecule has 2 N–H and O–H groups in total. The van der Waals surface area contributed by atoms with Gasteiger partial charge in [0.05, 0.1) is 16.7 Å². The summed E-state index contributed by atoms with van der Waals surface area (Å²) >= 11 is 0. The van der Waals surface area contributed by atoms with Crippen LogP contribution in [0.2, 0.25) is 0 Å². The molecular formula is C22H19N5O. The number of aromatic amines is 1. The third-order valence-corrected chi connectivity index (χ3v) is 5.00. The molecule has 0 spiro atoms. The van der Waals surface area contributed by atoms with E-state index in [1.807, 2.05) is 43.5 Å². The molecule has 1 aliphatic rings. The van der Waals surface area contributed by atoms with Gasteiger partial charge < -0.3 is 10.3 Å². The molecule has 0 unspecified atom stereocenters. The number of amides is 1. The van der Waals surface area contributed by atoms with E-state index in [1.165, 1.54) is 0 Å². The second-order valence-corrected chi connectivity index (χ2v) is 7.16. The summed E-state index contributed by atoms with van der Waals surface area (Å²) in [5.41, 5.74) is 6.67. The van der Waals surface area contributed by atoms with Gasteiger partial charge in [0.1, 0.15) is 5.82 Å². The standard InChI is InChI=1S/C22H19N5O/c1-13-4-5-16(12-25-13)19-20(26-17-3-2-9-24-21(17)19)15-8-10-23-18(11-15)27-22(28)14-6-7-14/h2-5,8-12,14,26H,6-7H2,1H3,(H,23,27,28). The molecular weight excluding hydrogens is 350 g/mol. The van der Waals surface area contributed by atoms with Gasteiger partial charge in [0.25, 0.3) is 0 Å². The van der Waals surface area contributed by atoms with Crippen molar-refractivity contribution in [1.29, 1.82) is 0 Å². The van der Waals surface area contributed by atoms with Gasteiger partial charge in [-0.05, 0) is 50.1 Å². The van der Waals surface area contributed by atoms with E-state index in [0.717, 1.165) is 52.0 Å². The molecule has 1 amide bonds. The number of fused-ring (bicyclic) bond motifs is 1. The summed E-state index contributed by atoms with van der Waals surface area (Å²) in [5.74, 6) is 0.747. The maximum Gasteiger partial charge on any atom is 0.228 e. The van der Waals surface area contributed by atoms with Gasteiger partial charge in [-0.2, -0.15) is 0 Å². The molecule has 6 heteroatoms. The Balaban J connectivity index is 1.63. The molecule has 1 fully saturated rings. The van der Waals surface area contributed by atoms with Crippen LogP contribution >= 0.6 is 0 Å². The molecule has 5 rings (SSSR count). The fourth-order valence-electron chi connectivity index (χ4n) is 3.36. The first-order valence-corrected chi connectivity index (χ1v) is 9.36. The molecule has 0 saturated heterocycles. The van der Waals surface area contributed by atoms with E-state index < -0.39 is 0 Å². The number of nitrogens with one attached hydrogen (secondary N) is 2. The van der Waals surface area contributed by atoms with Crippen LogP contribution in [0.1, 0.15) is 18.5 Å². The lowest BCUT2D eigenvalue weighted by molar-refractivity contribution is -0.117. The predicted molar refractivity (Wildman–Crippen MR) is 109 cm³/mol. The number of carbonyl (C=O) groups is 1. The van der Waals surface area contributed by atoms with Gasteiger partial charge in [-0.25, -0.2) is 4.98 Å². The van der Waals surface area contributed by atoms with Gasteiger partial charge in [0.15, 0.2) is 0 Å². The number of aromatic nitrogens is 4. The van der Waals surface area contributed by atoms with Crippen molar-refractivity contribution in [2.24, 2.45) is 5.92 Å². The Morgan fingerprint density at radius 3 is 2.75 bits per heavy atom. The minimum Gasteiger partial charge on any atom is -0.353 e. The number of pyridine rings is 3. The highest BCUT2D eigenvalue weighted by Gasteiger charge is 2.29. The lowest BCUT2D eigenvalue weighted by atomic mass is 10.0. The van der Waals surface area contributed by atoms with Crippen LogP contribution in [0.3, 0.4) is 0 Å². The molecule has 4 aromatic heterocycles. The van der Waals surface area contributed by atoms with Crippen LogP contribution in [0.5, 0.6) is 0 Å². The number of carbonyl (C=O) groups excluding carboxylic acids is 1. The van der Waals surface area contributed by atoms with Crippen LogP contribution in [0.4, 0.5) is 5.82 Å². The van der Waals surface area contributed by atoms with Gasteiger partial charge in [-0.15, -0.1) is 0 Å². The summed E-state index contributed by atoms with van der Waals surface area (Å²) in [6.07, 6.45) is 7.30. The van der Waals surface area contributed by atoms with Crippen LogP contribution in [0, 0.1) is 12.8 Å². The van der Waals surface area contributed by atoms with E-state index in [0.29, 0.717) is 5.82 Å². The van der Waals surface area contributed by atoms with E-state index in [-0.39, 0.29) is 11.8 Å². The molecule has 0 bridgehead atoms. The van der Waals surface area contributed by atoms with Crippen molar-refractivity contribution in [1.82, 2.24) is 19.9 Å². The zero-order valence-electron chi connectivity index (χ0n) is 15.4. The van der Waals surface area contributed by atoms with Crippen molar-refractivity contribution < 1.29 is 4.79 Å². The van der Waals surface area contributed by atoms with E-state index in [2.05, 4.69) is 31.3 Å². The molecule has 1 saturated carbocycles. The fraction of sp³-hybridized carbons (Fsp3) is 0.182. The highest BCUT2D eigenvalue weighted by atomic mass is 16.2. The average molecular weight is 369 g/mol. The summed E-state index contributed by atoms with van der Waals surface area (Å²) < 4.78 is 0. The highest BCUT2D eigenvalue weighted by Crippen LogP contribution is 2.37. The third-order valence-electron chi connectivity index (χ3n) is 5.00. The van der Waals surface area contributed by atoms with Crippen molar-refractivity contribution in [2.45, 2.75) is 19.8 Å². The van der Waals surface area contributed by atoms with E-state index in [4.69, 9.17) is 0 Å². The lowest BCUT2D eigenvalue weighted by Crippen LogP contribution is -2.14. The summed E-state index contributed by atoms with van der Waals surface area (Å²) in [4.78, 5) is 28.9. The quantitative estimate of drug-likeness (QED) is 0.560. The second kappa shape index (κ2) is 6.56. The van der Waals surface area contributed by atoms with Crippen LogP contribution in [0.15, 0.2) is 55.0 Å². The molecule has 0 atom stereocenters. The maximum absolute atomic E-state index is 12.1. The number of aryl methyl sites for hydroxylation is 1. The Labute approximate surface area is 162 Å². The maximum atomic E-state index is 12.1. The first kappa shape index (κ1) is 16.6. The zero-order valence-corrected chi connectivity index (χ0v) is 15.4. The minimum absolute atomic E-state index is 0.0471. The van der Waals surface area contributed by atoms with Gasteiger partial charge in [-0.1, -0.05) is 6.07 Å². The molecule has 138 valence electrons. The normalized spacial score (nSPS) is 13.6. The predicted octanol–water partition coefficient (Wildman–Crippen LogP) is 4.34. The Morgan fingerprint density at radius 1 is 1.07 bits per heavy atom. The van der Waals surface area contributed by atoms with Gasteiger partial charge >= 0.3 is 0 Å². The third kappa shape index (κ3) is 3.03. The van der Waals surface area contributed by atoms with Gasteiger partial charge in [-0.3, -0.25) is 14.8 Å².